The Kier molecular flexibility index (Phi) is 30.2. The Morgan fingerprint density at radius 2 is 1.29 bits per heavy atom. The summed E-state index contributed by atoms with van der Waals surface area (Å²) in [7, 11) is 12.8. The molecule has 0 aromatic rings. The van der Waals surface area contributed by atoms with Gasteiger partial charge in [0, 0.05) is 89.5 Å². The predicted octanol–water partition coefficient (Wildman–Crippen LogP) is 5.90. The van der Waals surface area contributed by atoms with Crippen LogP contribution in [0.1, 0.15) is 182 Å². The third kappa shape index (κ3) is 20.0. The van der Waals surface area contributed by atoms with Crippen molar-refractivity contribution in [3.8, 4) is 0 Å². The number of halogens is 5. The number of carbonyl (C=O) groups excluding carboxylic acids is 12. The molecule has 12 amide bonds. The normalized spacial score (nSPS) is 32.4. The van der Waals surface area contributed by atoms with Gasteiger partial charge in [-0.3, -0.25) is 57.5 Å². The maximum absolute atomic E-state index is 15.7. The molecule has 12 atom stereocenters. The third-order valence-corrected chi connectivity index (χ3v) is 24.2. The Hall–Kier alpha value is -7.01. The van der Waals surface area contributed by atoms with Crippen molar-refractivity contribution in [1.82, 2.24) is 59.6 Å². The minimum Gasteiger partial charge on any atom is -0.377 e. The van der Waals surface area contributed by atoms with Crippen LogP contribution in [0.2, 0.25) is 0 Å². The minimum atomic E-state index is -5.17. The number of carbonyl (C=O) groups is 12. The molecule has 7 rings (SSSR count). The molecule has 0 aromatic heterocycles. The average molecular weight is 1490 g/mol. The minimum absolute atomic E-state index is 0.0160. The molecule has 2 unspecified atom stereocenters. The van der Waals surface area contributed by atoms with E-state index in [1.165, 1.54) is 97.7 Å². The summed E-state index contributed by atoms with van der Waals surface area (Å²) in [4.78, 5) is 194. The SMILES string of the molecule is CCC[C@H]1C(=O)N[C@@H]([C@@H](C)CC)C(=O)N(C)CC(=O)N(C)[C@H]2C/C=C\CCN(C2=O)[C@@H](CC2CCC(C)CC2)C(=O)N(C)CC(=O)N[C@@H](CCC2CC(F)C(C(F)(F)F)C(F)C2)C(=O)N2C[C@H](OCC)C[C@H]2C(=O)N(C)C2(CCC2)C(=O)N(C)[C@@H](C2CCCC2)C(=O)N(C)[C@H](C(=O)N(C)C)CC(=O)N1C. The lowest BCUT2D eigenvalue weighted by Crippen LogP contribution is -2.68. The first-order valence-electron chi connectivity index (χ1n) is 38.3. The number of nitrogens with zero attached hydrogens (tertiary/aromatic N) is 10. The van der Waals surface area contributed by atoms with E-state index in [1.807, 2.05) is 13.0 Å². The molecule has 3 heterocycles. The number of likely N-dealkylation sites (N-methyl/N-ethyl adjacent to an activating group) is 8. The van der Waals surface area contributed by atoms with Crippen LogP contribution in [0.4, 0.5) is 22.0 Å². The summed E-state index contributed by atoms with van der Waals surface area (Å²) in [5.41, 5.74) is -1.60. The zero-order valence-electron chi connectivity index (χ0n) is 64.4. The van der Waals surface area contributed by atoms with E-state index >= 15 is 37.5 Å². The van der Waals surface area contributed by atoms with E-state index in [1.54, 1.807) is 26.8 Å². The second-order valence-corrected chi connectivity index (χ2v) is 31.5. The standard InChI is InChI=1S/C75H119F5N12O13/c1-15-24-54-65(96)82-63(46(5)16-2)71(102)85(9)44-61(95)87(11)55-27-19-18-22-36-91(70(55)101)57(39-47-30-28-45(4)29-31-47)68(99)84(8)43-59(93)81-53(33-32-48-37-51(76)62(52(77)38-48)75(78,79)80)66(97)92-42-50(105-17-3)40-58(92)69(100)90(14)74(34-23-35-74)73(104)89(13)64(49-25-20-21-26-49)72(103)88(12)56(67(98)83(6)7)41-60(94)86(54)10/h18-19,45-58,62-64H,15-17,20-44H2,1-14H3,(H,81,93)(H,82,96)/b19-18-/t45?,46-,47?,48?,50+,51?,52?,53-,54-,55-,56-,57-,58-,62?,63-,64-/m0/s1. The van der Waals surface area contributed by atoms with Crippen LogP contribution in [-0.4, -0.2) is 295 Å². The summed E-state index contributed by atoms with van der Waals surface area (Å²) < 4.78 is 79.0. The summed E-state index contributed by atoms with van der Waals surface area (Å²) in [5.74, 6) is -12.8. The van der Waals surface area contributed by atoms with Crippen molar-refractivity contribution < 1.29 is 84.2 Å². The molecule has 2 saturated heterocycles. The molecule has 2 N–H and O–H groups in total. The molecule has 30 heteroatoms. The summed E-state index contributed by atoms with van der Waals surface area (Å²) in [6.07, 6.45) is -2.66. The maximum Gasteiger partial charge on any atom is 0.397 e. The topological polar surface area (TPSA) is 271 Å². The van der Waals surface area contributed by atoms with Crippen LogP contribution >= 0.6 is 0 Å². The summed E-state index contributed by atoms with van der Waals surface area (Å²) >= 11 is 0. The highest BCUT2D eigenvalue weighted by molar-refractivity contribution is 6.01. The van der Waals surface area contributed by atoms with Crippen molar-refractivity contribution in [2.75, 3.05) is 96.2 Å². The Balaban J connectivity index is 1.32. The largest absolute Gasteiger partial charge is 0.397 e. The fourth-order valence-electron chi connectivity index (χ4n) is 17.1. The second-order valence-electron chi connectivity index (χ2n) is 31.5. The number of nitrogens with one attached hydrogen (secondary N) is 2. The zero-order chi connectivity index (χ0) is 77.9. The molecule has 7 aliphatic rings. The van der Waals surface area contributed by atoms with Gasteiger partial charge in [-0.05, 0) is 120 Å². The van der Waals surface area contributed by atoms with Crippen molar-refractivity contribution in [3.63, 3.8) is 0 Å². The van der Waals surface area contributed by atoms with Gasteiger partial charge in [-0.15, -0.1) is 0 Å². The van der Waals surface area contributed by atoms with E-state index in [2.05, 4.69) is 17.6 Å². The van der Waals surface area contributed by atoms with Gasteiger partial charge < -0.3 is 64.4 Å². The van der Waals surface area contributed by atoms with Crippen LogP contribution in [0.3, 0.4) is 0 Å². The molecule has 3 aliphatic heterocycles. The lowest BCUT2D eigenvalue weighted by molar-refractivity contribution is -0.219. The molecule has 105 heavy (non-hydrogen) atoms. The zero-order valence-corrected chi connectivity index (χ0v) is 64.4. The fraction of sp³-hybridized carbons (Fsp3) is 0.813. The molecule has 4 aliphatic carbocycles. The Morgan fingerprint density at radius 3 is 1.86 bits per heavy atom. The van der Waals surface area contributed by atoms with Crippen molar-refractivity contribution in [2.24, 2.45) is 35.5 Å². The smallest absolute Gasteiger partial charge is 0.377 e. The molecular formula is C75H119F5N12O13. The second kappa shape index (κ2) is 37.2. The summed E-state index contributed by atoms with van der Waals surface area (Å²) in [6, 6.07) is -10.5. The van der Waals surface area contributed by atoms with Gasteiger partial charge in [-0.2, -0.15) is 13.2 Å². The Labute approximate surface area is 617 Å². The monoisotopic (exact) mass is 1490 g/mol. The number of rotatable bonds is 13. The van der Waals surface area contributed by atoms with Crippen molar-refractivity contribution in [2.45, 2.75) is 261 Å². The van der Waals surface area contributed by atoms with Crippen LogP contribution in [0.15, 0.2) is 12.2 Å². The van der Waals surface area contributed by atoms with Crippen LogP contribution in [0, 0.1) is 35.5 Å². The Bertz CT molecular complexity index is 3120. The van der Waals surface area contributed by atoms with Gasteiger partial charge in [0.2, 0.25) is 70.9 Å². The molecule has 6 fully saturated rings. The average Bonchev–Trinajstić information content (AvgIpc) is 1.65. The quantitative estimate of drug-likeness (QED) is 0.161. The van der Waals surface area contributed by atoms with Gasteiger partial charge in [0.25, 0.3) is 0 Å². The number of fused-ring (bicyclic) bond motifs is 3. The lowest BCUT2D eigenvalue weighted by atomic mass is 9.73. The molecule has 25 nitrogen and oxygen atoms in total. The van der Waals surface area contributed by atoms with Crippen molar-refractivity contribution >= 4 is 70.9 Å². The Morgan fingerprint density at radius 1 is 0.657 bits per heavy atom. The lowest BCUT2D eigenvalue weighted by Gasteiger charge is -2.51. The number of alkyl halides is 5. The summed E-state index contributed by atoms with van der Waals surface area (Å²) in [5, 5.41) is 5.62. The van der Waals surface area contributed by atoms with E-state index < -0.39 is 205 Å². The molecule has 2 bridgehead atoms. The van der Waals surface area contributed by atoms with Gasteiger partial charge in [0.15, 0.2) is 0 Å². The highest BCUT2D eigenvalue weighted by atomic mass is 19.4. The predicted molar refractivity (Wildman–Crippen MR) is 381 cm³/mol. The number of hydrogen-bond acceptors (Lipinski definition) is 13. The van der Waals surface area contributed by atoms with Crippen molar-refractivity contribution in [3.05, 3.63) is 12.2 Å². The van der Waals surface area contributed by atoms with Gasteiger partial charge in [-0.25, -0.2) is 8.78 Å². The van der Waals surface area contributed by atoms with Gasteiger partial charge >= 0.3 is 6.18 Å². The molecule has 592 valence electrons. The number of hydrogen-bond donors (Lipinski definition) is 2. The van der Waals surface area contributed by atoms with E-state index in [0.29, 0.717) is 57.3 Å². The van der Waals surface area contributed by atoms with Gasteiger partial charge in [0.05, 0.1) is 25.6 Å². The first-order valence-corrected chi connectivity index (χ1v) is 38.3. The number of ether oxygens (including phenoxy) is 1. The van der Waals surface area contributed by atoms with Crippen molar-refractivity contribution in [1.29, 1.82) is 0 Å². The van der Waals surface area contributed by atoms with Crippen LogP contribution < -0.4 is 10.6 Å². The summed E-state index contributed by atoms with van der Waals surface area (Å²) in [6.45, 7) is 7.88. The van der Waals surface area contributed by atoms with Crippen LogP contribution in [0.25, 0.3) is 0 Å². The van der Waals surface area contributed by atoms with E-state index in [9.17, 15) is 41.9 Å². The molecular weight excluding hydrogens is 1370 g/mol. The number of amides is 12. The van der Waals surface area contributed by atoms with Gasteiger partial charge in [0.1, 0.15) is 72.1 Å². The fourth-order valence-corrected chi connectivity index (χ4v) is 17.1. The maximum atomic E-state index is 15.7. The highest BCUT2D eigenvalue weighted by Crippen LogP contribution is 2.46. The van der Waals surface area contributed by atoms with E-state index in [-0.39, 0.29) is 77.0 Å². The van der Waals surface area contributed by atoms with Crippen LogP contribution in [0.5, 0.6) is 0 Å². The first-order chi connectivity index (χ1) is 49.4. The first kappa shape index (κ1) is 85.2. The van der Waals surface area contributed by atoms with E-state index in [0.717, 1.165) is 40.4 Å². The molecule has 1 spiro atoms. The molecule has 4 saturated carbocycles. The van der Waals surface area contributed by atoms with Crippen LogP contribution in [-0.2, 0) is 62.3 Å². The third-order valence-electron chi connectivity index (χ3n) is 24.2. The molecule has 0 radical (unpaired) electrons. The van der Waals surface area contributed by atoms with Gasteiger partial charge in [-0.1, -0.05) is 91.2 Å². The highest BCUT2D eigenvalue weighted by Gasteiger charge is 2.58. The van der Waals surface area contributed by atoms with E-state index in [4.69, 9.17) is 4.74 Å². The molecule has 0 aromatic carbocycles.